The molecule has 0 aromatic carbocycles. The summed E-state index contributed by atoms with van der Waals surface area (Å²) in [4.78, 5) is 17.8. The molecule has 3 N–H and O–H groups in total. The SMILES string of the molecule is NC(=O)c1cnn(-c2ccc(CN3CCNCC3)cn2)c1. The van der Waals surface area contributed by atoms with Crippen LogP contribution in [-0.2, 0) is 6.54 Å². The highest BCUT2D eigenvalue weighted by molar-refractivity contribution is 5.92. The lowest BCUT2D eigenvalue weighted by molar-refractivity contribution is 0.100. The van der Waals surface area contributed by atoms with Crippen molar-refractivity contribution in [1.29, 1.82) is 0 Å². The first-order valence-corrected chi connectivity index (χ1v) is 6.95. The highest BCUT2D eigenvalue weighted by Gasteiger charge is 2.10. The maximum absolute atomic E-state index is 11.1. The number of nitrogens with one attached hydrogen (secondary N) is 1. The van der Waals surface area contributed by atoms with Gasteiger partial charge in [-0.3, -0.25) is 9.69 Å². The van der Waals surface area contributed by atoms with Gasteiger partial charge in [0, 0.05) is 45.1 Å². The van der Waals surface area contributed by atoms with Crippen LogP contribution in [0.1, 0.15) is 15.9 Å². The second-order valence-corrected chi connectivity index (χ2v) is 5.09. The number of nitrogens with two attached hydrogens (primary N) is 1. The molecule has 1 saturated heterocycles. The number of piperazine rings is 1. The molecular weight excluding hydrogens is 268 g/mol. The molecule has 2 aromatic rings. The number of nitrogens with zero attached hydrogens (tertiary/aromatic N) is 4. The van der Waals surface area contributed by atoms with Crippen LogP contribution in [0, 0.1) is 0 Å². The van der Waals surface area contributed by atoms with Crippen molar-refractivity contribution in [1.82, 2.24) is 25.0 Å². The highest BCUT2D eigenvalue weighted by atomic mass is 16.1. The number of rotatable bonds is 4. The summed E-state index contributed by atoms with van der Waals surface area (Å²) in [6.45, 7) is 5.09. The molecule has 7 heteroatoms. The molecule has 3 rings (SSSR count). The molecule has 1 amide bonds. The lowest BCUT2D eigenvalue weighted by Gasteiger charge is -2.27. The number of pyridine rings is 1. The van der Waals surface area contributed by atoms with Gasteiger partial charge in [-0.2, -0.15) is 5.10 Å². The van der Waals surface area contributed by atoms with E-state index in [2.05, 4.69) is 20.3 Å². The third kappa shape index (κ3) is 3.26. The van der Waals surface area contributed by atoms with Gasteiger partial charge in [0.05, 0.1) is 11.8 Å². The molecule has 0 spiro atoms. The Morgan fingerprint density at radius 2 is 2.10 bits per heavy atom. The predicted molar refractivity (Wildman–Crippen MR) is 78.0 cm³/mol. The Morgan fingerprint density at radius 3 is 2.71 bits per heavy atom. The summed E-state index contributed by atoms with van der Waals surface area (Å²) < 4.78 is 1.55. The summed E-state index contributed by atoms with van der Waals surface area (Å²) in [5.74, 6) is 0.183. The molecule has 1 aliphatic heterocycles. The van der Waals surface area contributed by atoms with Gasteiger partial charge in [0.15, 0.2) is 5.82 Å². The monoisotopic (exact) mass is 286 g/mol. The van der Waals surface area contributed by atoms with Crippen molar-refractivity contribution in [2.24, 2.45) is 5.73 Å². The third-order valence-electron chi connectivity index (χ3n) is 3.53. The number of hydrogen-bond acceptors (Lipinski definition) is 5. The van der Waals surface area contributed by atoms with E-state index in [0.717, 1.165) is 32.7 Å². The van der Waals surface area contributed by atoms with Gasteiger partial charge in [-0.15, -0.1) is 0 Å². The maximum atomic E-state index is 11.1. The molecule has 0 saturated carbocycles. The zero-order chi connectivity index (χ0) is 14.7. The molecular formula is C14H18N6O. The maximum Gasteiger partial charge on any atom is 0.251 e. The van der Waals surface area contributed by atoms with E-state index >= 15 is 0 Å². The fraction of sp³-hybridized carbons (Fsp3) is 0.357. The molecule has 0 bridgehead atoms. The molecule has 1 fully saturated rings. The first kappa shape index (κ1) is 13.7. The molecule has 7 nitrogen and oxygen atoms in total. The first-order chi connectivity index (χ1) is 10.2. The van der Waals surface area contributed by atoms with Crippen LogP contribution < -0.4 is 11.1 Å². The van der Waals surface area contributed by atoms with E-state index in [1.165, 1.54) is 11.8 Å². The summed E-state index contributed by atoms with van der Waals surface area (Å²) in [5.41, 5.74) is 6.76. The smallest absolute Gasteiger partial charge is 0.251 e. The second kappa shape index (κ2) is 6.02. The van der Waals surface area contributed by atoms with Crippen LogP contribution in [-0.4, -0.2) is 51.8 Å². The molecule has 0 aliphatic carbocycles. The average molecular weight is 286 g/mol. The number of hydrogen-bond donors (Lipinski definition) is 2. The van der Waals surface area contributed by atoms with Gasteiger partial charge < -0.3 is 11.1 Å². The highest BCUT2D eigenvalue weighted by Crippen LogP contribution is 2.09. The van der Waals surface area contributed by atoms with E-state index in [-0.39, 0.29) is 0 Å². The fourth-order valence-corrected chi connectivity index (χ4v) is 2.35. The number of carbonyl (C=O) groups excluding carboxylic acids is 1. The van der Waals surface area contributed by atoms with Crippen LogP contribution in [0.4, 0.5) is 0 Å². The normalized spacial score (nSPS) is 16.0. The van der Waals surface area contributed by atoms with E-state index in [1.54, 1.807) is 10.9 Å². The van der Waals surface area contributed by atoms with Crippen molar-refractivity contribution in [3.63, 3.8) is 0 Å². The summed E-state index contributed by atoms with van der Waals surface area (Å²) in [6, 6.07) is 3.94. The Balaban J connectivity index is 1.69. The van der Waals surface area contributed by atoms with E-state index in [4.69, 9.17) is 5.73 Å². The lowest BCUT2D eigenvalue weighted by Crippen LogP contribution is -2.42. The Kier molecular flexibility index (Phi) is 3.94. The van der Waals surface area contributed by atoms with Crippen molar-refractivity contribution in [2.75, 3.05) is 26.2 Å². The molecule has 0 unspecified atom stereocenters. The fourth-order valence-electron chi connectivity index (χ4n) is 2.35. The van der Waals surface area contributed by atoms with Gasteiger partial charge in [0.2, 0.25) is 0 Å². The minimum atomic E-state index is -0.489. The van der Waals surface area contributed by atoms with Crippen molar-refractivity contribution in [2.45, 2.75) is 6.54 Å². The number of primary amides is 1. The summed E-state index contributed by atoms with van der Waals surface area (Å²) in [6.07, 6.45) is 4.88. The minimum absolute atomic E-state index is 0.377. The van der Waals surface area contributed by atoms with E-state index < -0.39 is 5.91 Å². The van der Waals surface area contributed by atoms with Gasteiger partial charge in [-0.25, -0.2) is 9.67 Å². The Bertz CT molecular complexity index is 615. The number of amides is 1. The van der Waals surface area contributed by atoms with Crippen molar-refractivity contribution >= 4 is 5.91 Å². The van der Waals surface area contributed by atoms with Gasteiger partial charge in [0.1, 0.15) is 0 Å². The molecule has 21 heavy (non-hydrogen) atoms. The van der Waals surface area contributed by atoms with Gasteiger partial charge >= 0.3 is 0 Å². The third-order valence-corrected chi connectivity index (χ3v) is 3.53. The molecule has 110 valence electrons. The summed E-state index contributed by atoms with van der Waals surface area (Å²) in [5, 5.41) is 7.42. The van der Waals surface area contributed by atoms with Gasteiger partial charge in [-0.1, -0.05) is 6.07 Å². The van der Waals surface area contributed by atoms with Crippen molar-refractivity contribution < 1.29 is 4.79 Å². The van der Waals surface area contributed by atoms with Crippen LogP contribution in [0.2, 0.25) is 0 Å². The minimum Gasteiger partial charge on any atom is -0.366 e. The van der Waals surface area contributed by atoms with Gasteiger partial charge in [-0.05, 0) is 11.6 Å². The Morgan fingerprint density at radius 1 is 1.29 bits per heavy atom. The molecule has 2 aromatic heterocycles. The van der Waals surface area contributed by atoms with Crippen LogP contribution in [0.3, 0.4) is 0 Å². The van der Waals surface area contributed by atoms with Crippen LogP contribution >= 0.6 is 0 Å². The van der Waals surface area contributed by atoms with Crippen molar-refractivity contribution in [3.05, 3.63) is 41.9 Å². The largest absolute Gasteiger partial charge is 0.366 e. The zero-order valence-electron chi connectivity index (χ0n) is 11.7. The average Bonchev–Trinajstić information content (AvgIpc) is 2.99. The molecule has 1 aliphatic rings. The Labute approximate surface area is 122 Å². The lowest BCUT2D eigenvalue weighted by atomic mass is 10.2. The topological polar surface area (TPSA) is 89.1 Å². The van der Waals surface area contributed by atoms with Crippen LogP contribution in [0.5, 0.6) is 0 Å². The predicted octanol–water partition coefficient (Wildman–Crippen LogP) is -0.229. The summed E-state index contributed by atoms with van der Waals surface area (Å²) >= 11 is 0. The summed E-state index contributed by atoms with van der Waals surface area (Å²) in [7, 11) is 0. The van der Waals surface area contributed by atoms with E-state index in [1.807, 2.05) is 18.3 Å². The number of carbonyl (C=O) groups is 1. The van der Waals surface area contributed by atoms with E-state index in [9.17, 15) is 4.79 Å². The zero-order valence-corrected chi connectivity index (χ0v) is 11.7. The molecule has 0 radical (unpaired) electrons. The van der Waals surface area contributed by atoms with Gasteiger partial charge in [0.25, 0.3) is 5.91 Å². The standard InChI is InChI=1S/C14H18N6O/c15-14(21)12-8-18-20(10-12)13-2-1-11(7-17-13)9-19-5-3-16-4-6-19/h1-2,7-8,10,16H,3-6,9H2,(H2,15,21). The first-order valence-electron chi connectivity index (χ1n) is 6.95. The second-order valence-electron chi connectivity index (χ2n) is 5.09. The van der Waals surface area contributed by atoms with E-state index in [0.29, 0.717) is 11.4 Å². The molecule has 3 heterocycles. The van der Waals surface area contributed by atoms with Crippen LogP contribution in [0.15, 0.2) is 30.7 Å². The van der Waals surface area contributed by atoms with Crippen molar-refractivity contribution in [3.8, 4) is 5.82 Å². The Hall–Kier alpha value is -2.25. The number of aromatic nitrogens is 3. The van der Waals surface area contributed by atoms with Crippen LogP contribution in [0.25, 0.3) is 5.82 Å². The quantitative estimate of drug-likeness (QED) is 0.810. The molecule has 0 atom stereocenters.